The first kappa shape index (κ1) is 9.86. The van der Waals surface area contributed by atoms with E-state index in [2.05, 4.69) is 10.6 Å². The monoisotopic (exact) mass is 221 g/mol. The van der Waals surface area contributed by atoms with Crippen molar-refractivity contribution in [3.05, 3.63) is 0 Å². The van der Waals surface area contributed by atoms with E-state index in [4.69, 9.17) is 5.73 Å². The lowest BCUT2D eigenvalue weighted by atomic mass is 9.78. The zero-order valence-corrected chi connectivity index (χ0v) is 9.86. The number of rotatable bonds is 4. The van der Waals surface area contributed by atoms with Gasteiger partial charge in [-0.15, -0.1) is 0 Å². The summed E-state index contributed by atoms with van der Waals surface area (Å²) in [6.07, 6.45) is 5.59. The molecule has 3 nitrogen and oxygen atoms in total. The van der Waals surface area contributed by atoms with Gasteiger partial charge in [-0.1, -0.05) is 0 Å². The Bertz CT molecular complexity index is 293. The van der Waals surface area contributed by atoms with E-state index in [9.17, 15) is 0 Å². The lowest BCUT2D eigenvalue weighted by Crippen LogP contribution is -2.42. The number of hydrogen-bond donors (Lipinski definition) is 3. The Morgan fingerprint density at radius 2 is 2.12 bits per heavy atom. The summed E-state index contributed by atoms with van der Waals surface area (Å²) in [7, 11) is 0. The third kappa shape index (κ3) is 1.25. The molecule has 4 N–H and O–H groups in total. The topological polar surface area (TPSA) is 60.0 Å². The van der Waals surface area contributed by atoms with Gasteiger partial charge in [0.2, 0.25) is 0 Å². The molecular formula is C13H23N3. The van der Waals surface area contributed by atoms with Gasteiger partial charge in [0.05, 0.1) is 0 Å². The molecule has 3 aliphatic carbocycles. The highest BCUT2D eigenvalue weighted by Gasteiger charge is 2.64. The van der Waals surface area contributed by atoms with Crippen molar-refractivity contribution >= 4 is 0 Å². The van der Waals surface area contributed by atoms with Gasteiger partial charge < -0.3 is 16.4 Å². The maximum atomic E-state index is 5.55. The fourth-order valence-electron chi connectivity index (χ4n) is 5.10. The zero-order chi connectivity index (χ0) is 10.7. The number of hydrogen-bond acceptors (Lipinski definition) is 3. The highest BCUT2D eigenvalue weighted by atomic mass is 15.2. The first-order valence-corrected chi connectivity index (χ1v) is 7.08. The zero-order valence-electron chi connectivity index (χ0n) is 9.86. The molecule has 1 heterocycles. The van der Waals surface area contributed by atoms with Crippen molar-refractivity contribution in [2.24, 2.45) is 29.4 Å². The molecule has 0 aromatic carbocycles. The summed E-state index contributed by atoms with van der Waals surface area (Å²) in [5.74, 6) is 4.16. The fourth-order valence-corrected chi connectivity index (χ4v) is 5.10. The summed E-state index contributed by atoms with van der Waals surface area (Å²) in [6.45, 7) is 1.95. The van der Waals surface area contributed by atoms with Gasteiger partial charge in [-0.05, 0) is 62.4 Å². The summed E-state index contributed by atoms with van der Waals surface area (Å²) >= 11 is 0. The van der Waals surface area contributed by atoms with Gasteiger partial charge in [0, 0.05) is 18.1 Å². The SMILES string of the molecule is NCCCNC1CC2CC1C1C2CC2NC21. The second-order valence-electron chi connectivity index (χ2n) is 6.37. The molecule has 4 aliphatic rings. The average molecular weight is 221 g/mol. The summed E-state index contributed by atoms with van der Waals surface area (Å²) in [5.41, 5.74) is 5.55. The van der Waals surface area contributed by atoms with Crippen molar-refractivity contribution in [2.75, 3.05) is 13.1 Å². The van der Waals surface area contributed by atoms with Crippen LogP contribution in [0.5, 0.6) is 0 Å². The third-order valence-electron chi connectivity index (χ3n) is 5.70. The largest absolute Gasteiger partial charge is 0.330 e. The van der Waals surface area contributed by atoms with Crippen molar-refractivity contribution in [1.82, 2.24) is 10.6 Å². The van der Waals surface area contributed by atoms with Crippen LogP contribution in [0, 0.1) is 23.7 Å². The van der Waals surface area contributed by atoms with Crippen LogP contribution in [0.15, 0.2) is 0 Å². The molecule has 0 radical (unpaired) electrons. The predicted octanol–water partition coefficient (Wildman–Crippen LogP) is 0.310. The van der Waals surface area contributed by atoms with Gasteiger partial charge in [0.25, 0.3) is 0 Å². The lowest BCUT2D eigenvalue weighted by molar-refractivity contribution is 0.193. The summed E-state index contributed by atoms with van der Waals surface area (Å²) in [5, 5.41) is 7.42. The third-order valence-corrected chi connectivity index (χ3v) is 5.70. The minimum atomic E-state index is 0.818. The van der Waals surface area contributed by atoms with Crippen LogP contribution in [0.25, 0.3) is 0 Å². The van der Waals surface area contributed by atoms with Crippen LogP contribution in [-0.2, 0) is 0 Å². The standard InChI is InChI=1S/C13H23N3/c14-2-1-3-15-10-5-7-4-9(10)12-8(7)6-11-13(12)16-11/h7-13,15-16H,1-6,14H2. The quantitative estimate of drug-likeness (QED) is 0.473. The van der Waals surface area contributed by atoms with E-state index in [1.807, 2.05) is 0 Å². The predicted molar refractivity (Wildman–Crippen MR) is 64.0 cm³/mol. The normalized spacial score (nSPS) is 56.4. The summed E-state index contributed by atoms with van der Waals surface area (Å²) in [6, 6.07) is 2.65. The van der Waals surface area contributed by atoms with Gasteiger partial charge in [-0.3, -0.25) is 0 Å². The Kier molecular flexibility index (Phi) is 2.12. The van der Waals surface area contributed by atoms with Crippen LogP contribution in [0.3, 0.4) is 0 Å². The number of nitrogens with one attached hydrogen (secondary N) is 2. The van der Waals surface area contributed by atoms with E-state index < -0.39 is 0 Å². The summed E-state index contributed by atoms with van der Waals surface area (Å²) in [4.78, 5) is 0. The molecule has 0 aromatic rings. The van der Waals surface area contributed by atoms with Crippen molar-refractivity contribution in [3.8, 4) is 0 Å². The number of piperidine rings is 1. The first-order valence-electron chi connectivity index (χ1n) is 7.08. The van der Waals surface area contributed by atoms with Crippen LogP contribution in [0.4, 0.5) is 0 Å². The van der Waals surface area contributed by atoms with Crippen molar-refractivity contribution in [2.45, 2.75) is 43.8 Å². The van der Waals surface area contributed by atoms with Crippen LogP contribution < -0.4 is 16.4 Å². The Balaban J connectivity index is 1.42. The second-order valence-corrected chi connectivity index (χ2v) is 6.37. The number of nitrogens with two attached hydrogens (primary N) is 1. The van der Waals surface area contributed by atoms with Crippen molar-refractivity contribution in [3.63, 3.8) is 0 Å². The average Bonchev–Trinajstić information content (AvgIpc) is 2.69. The summed E-state index contributed by atoms with van der Waals surface area (Å²) < 4.78 is 0. The van der Waals surface area contributed by atoms with Crippen LogP contribution >= 0.6 is 0 Å². The van der Waals surface area contributed by atoms with Crippen LogP contribution in [0.1, 0.15) is 25.7 Å². The molecule has 2 bridgehead atoms. The van der Waals surface area contributed by atoms with Gasteiger partial charge in [0.1, 0.15) is 0 Å². The van der Waals surface area contributed by atoms with Gasteiger partial charge >= 0.3 is 0 Å². The molecule has 0 aromatic heterocycles. The molecule has 1 aliphatic heterocycles. The van der Waals surface area contributed by atoms with E-state index in [0.29, 0.717) is 0 Å². The number of fused-ring (bicyclic) bond motifs is 7. The molecule has 90 valence electrons. The van der Waals surface area contributed by atoms with Gasteiger partial charge in [-0.2, -0.15) is 0 Å². The molecule has 7 unspecified atom stereocenters. The van der Waals surface area contributed by atoms with Crippen molar-refractivity contribution in [1.29, 1.82) is 0 Å². The van der Waals surface area contributed by atoms with Crippen LogP contribution in [0.2, 0.25) is 0 Å². The second kappa shape index (κ2) is 3.44. The molecule has 0 spiro atoms. The van der Waals surface area contributed by atoms with E-state index in [-0.39, 0.29) is 0 Å². The molecule has 0 amide bonds. The van der Waals surface area contributed by atoms with Crippen LogP contribution in [-0.4, -0.2) is 31.2 Å². The Morgan fingerprint density at radius 3 is 3.00 bits per heavy atom. The molecule has 4 rings (SSSR count). The maximum absolute atomic E-state index is 5.55. The van der Waals surface area contributed by atoms with E-state index in [1.54, 1.807) is 0 Å². The molecule has 4 fully saturated rings. The molecule has 3 heteroatoms. The molecule has 16 heavy (non-hydrogen) atoms. The van der Waals surface area contributed by atoms with Gasteiger partial charge in [0.15, 0.2) is 0 Å². The minimum Gasteiger partial charge on any atom is -0.330 e. The first-order chi connectivity index (χ1) is 7.88. The van der Waals surface area contributed by atoms with E-state index >= 15 is 0 Å². The maximum Gasteiger partial charge on any atom is 0.0258 e. The Hall–Kier alpha value is -0.120. The molecular weight excluding hydrogens is 198 g/mol. The fraction of sp³-hybridized carbons (Fsp3) is 1.00. The van der Waals surface area contributed by atoms with E-state index in [0.717, 1.165) is 61.3 Å². The molecule has 1 saturated heterocycles. The molecule has 3 saturated carbocycles. The Labute approximate surface area is 97.5 Å². The lowest BCUT2D eigenvalue weighted by Gasteiger charge is -2.33. The Morgan fingerprint density at radius 1 is 1.19 bits per heavy atom. The highest BCUT2D eigenvalue weighted by Crippen LogP contribution is 2.61. The van der Waals surface area contributed by atoms with E-state index in [1.165, 1.54) is 19.3 Å². The van der Waals surface area contributed by atoms with Crippen molar-refractivity contribution < 1.29 is 0 Å². The highest BCUT2D eigenvalue weighted by molar-refractivity contribution is 5.20. The smallest absolute Gasteiger partial charge is 0.0258 e. The molecule has 7 atom stereocenters. The van der Waals surface area contributed by atoms with Gasteiger partial charge in [-0.25, -0.2) is 0 Å². The minimum absolute atomic E-state index is 0.818.